The van der Waals surface area contributed by atoms with Gasteiger partial charge in [-0.05, 0) is 28.9 Å². The third-order valence-electron chi connectivity index (χ3n) is 3.16. The molecule has 96 valence electrons. The first-order valence-corrected chi connectivity index (χ1v) is 6.61. The number of rotatable bonds is 4. The van der Waals surface area contributed by atoms with Gasteiger partial charge in [-0.1, -0.05) is 0 Å². The van der Waals surface area contributed by atoms with Crippen LogP contribution < -0.4 is 0 Å². The van der Waals surface area contributed by atoms with Crippen LogP contribution in [-0.4, -0.2) is 30.5 Å². The molecule has 0 radical (unpaired) electrons. The Hall–Kier alpha value is -0.360. The summed E-state index contributed by atoms with van der Waals surface area (Å²) in [4.78, 5) is 0. The predicted molar refractivity (Wildman–Crippen MR) is 65.8 cm³/mol. The Labute approximate surface area is 109 Å². The minimum atomic E-state index is -0.768. The number of furan rings is 1. The molecule has 1 aromatic heterocycles. The van der Waals surface area contributed by atoms with Crippen molar-refractivity contribution < 1.29 is 19.0 Å². The smallest absolute Gasteiger partial charge is 0.149 e. The maximum absolute atomic E-state index is 10.5. The van der Waals surface area contributed by atoms with Crippen LogP contribution >= 0.6 is 15.9 Å². The summed E-state index contributed by atoms with van der Waals surface area (Å²) < 4.78 is 17.2. The SMILES string of the molecule is CCOC1(C(O)c2occc2Br)CCOCC1. The second-order valence-electron chi connectivity index (χ2n) is 4.15. The molecule has 1 aliphatic heterocycles. The second kappa shape index (κ2) is 5.52. The van der Waals surface area contributed by atoms with Crippen molar-refractivity contribution in [2.75, 3.05) is 19.8 Å². The van der Waals surface area contributed by atoms with Crippen LogP contribution in [0.4, 0.5) is 0 Å². The molecule has 1 atom stereocenters. The number of aliphatic hydroxyl groups is 1. The van der Waals surface area contributed by atoms with Crippen LogP contribution in [0.2, 0.25) is 0 Å². The number of hydrogen-bond acceptors (Lipinski definition) is 4. The van der Waals surface area contributed by atoms with Gasteiger partial charge in [-0.15, -0.1) is 0 Å². The number of hydrogen-bond donors (Lipinski definition) is 1. The molecule has 0 aromatic carbocycles. The van der Waals surface area contributed by atoms with Gasteiger partial charge in [-0.3, -0.25) is 0 Å². The molecule has 4 nitrogen and oxygen atoms in total. The van der Waals surface area contributed by atoms with Crippen molar-refractivity contribution in [3.63, 3.8) is 0 Å². The van der Waals surface area contributed by atoms with E-state index in [0.29, 0.717) is 38.4 Å². The number of ether oxygens (including phenoxy) is 2. The summed E-state index contributed by atoms with van der Waals surface area (Å²) >= 11 is 3.37. The van der Waals surface area contributed by atoms with Crippen LogP contribution in [0.5, 0.6) is 0 Å². The monoisotopic (exact) mass is 304 g/mol. The van der Waals surface area contributed by atoms with Gasteiger partial charge in [0.2, 0.25) is 0 Å². The normalized spacial score (nSPS) is 21.4. The molecule has 0 saturated carbocycles. The van der Waals surface area contributed by atoms with Crippen LogP contribution in [-0.2, 0) is 9.47 Å². The van der Waals surface area contributed by atoms with Crippen molar-refractivity contribution in [3.8, 4) is 0 Å². The summed E-state index contributed by atoms with van der Waals surface area (Å²) in [5.74, 6) is 0.528. The average molecular weight is 305 g/mol. The summed E-state index contributed by atoms with van der Waals surface area (Å²) in [6.45, 7) is 3.71. The first-order valence-electron chi connectivity index (χ1n) is 5.82. The molecule has 0 spiro atoms. The first kappa shape index (κ1) is 13.1. The molecule has 17 heavy (non-hydrogen) atoms. The summed E-state index contributed by atoms with van der Waals surface area (Å²) in [6, 6.07) is 1.78. The maximum Gasteiger partial charge on any atom is 0.149 e. The van der Waals surface area contributed by atoms with Crippen molar-refractivity contribution in [2.24, 2.45) is 0 Å². The Morgan fingerprint density at radius 3 is 2.76 bits per heavy atom. The highest BCUT2D eigenvalue weighted by Gasteiger charge is 2.43. The third-order valence-corrected chi connectivity index (χ3v) is 3.82. The average Bonchev–Trinajstić information content (AvgIpc) is 2.76. The number of halogens is 1. The van der Waals surface area contributed by atoms with Crippen LogP contribution in [0.15, 0.2) is 21.2 Å². The molecule has 2 rings (SSSR count). The Morgan fingerprint density at radius 1 is 1.53 bits per heavy atom. The lowest BCUT2D eigenvalue weighted by Crippen LogP contribution is -2.44. The van der Waals surface area contributed by atoms with Gasteiger partial charge in [-0.2, -0.15) is 0 Å². The van der Waals surface area contributed by atoms with E-state index < -0.39 is 11.7 Å². The zero-order chi connectivity index (χ0) is 12.3. The van der Waals surface area contributed by atoms with E-state index in [9.17, 15) is 5.11 Å². The minimum absolute atomic E-state index is 0.528. The molecule has 0 bridgehead atoms. The molecule has 1 aromatic rings. The highest BCUT2D eigenvalue weighted by Crippen LogP contribution is 2.40. The van der Waals surface area contributed by atoms with Gasteiger partial charge < -0.3 is 19.0 Å². The second-order valence-corrected chi connectivity index (χ2v) is 5.00. The van der Waals surface area contributed by atoms with E-state index in [1.165, 1.54) is 0 Å². The summed E-state index contributed by atoms with van der Waals surface area (Å²) in [5.41, 5.74) is -0.590. The fourth-order valence-electron chi connectivity index (χ4n) is 2.24. The quantitative estimate of drug-likeness (QED) is 0.929. The third kappa shape index (κ3) is 2.57. The zero-order valence-electron chi connectivity index (χ0n) is 9.82. The van der Waals surface area contributed by atoms with Crippen molar-refractivity contribution in [1.29, 1.82) is 0 Å². The fraction of sp³-hybridized carbons (Fsp3) is 0.667. The van der Waals surface area contributed by atoms with Crippen molar-refractivity contribution >= 4 is 15.9 Å². The molecule has 2 heterocycles. The Balaban J connectivity index is 2.23. The summed E-state index contributed by atoms with van der Waals surface area (Å²) in [5, 5.41) is 10.5. The van der Waals surface area contributed by atoms with Crippen LogP contribution in [0.1, 0.15) is 31.6 Å². The van der Waals surface area contributed by atoms with E-state index in [0.717, 1.165) is 4.47 Å². The molecule has 1 unspecified atom stereocenters. The van der Waals surface area contributed by atoms with Crippen LogP contribution in [0.3, 0.4) is 0 Å². The van der Waals surface area contributed by atoms with Gasteiger partial charge in [0.1, 0.15) is 17.5 Å². The van der Waals surface area contributed by atoms with E-state index in [1.54, 1.807) is 12.3 Å². The highest BCUT2D eigenvalue weighted by atomic mass is 79.9. The van der Waals surface area contributed by atoms with Crippen LogP contribution in [0.25, 0.3) is 0 Å². The highest BCUT2D eigenvalue weighted by molar-refractivity contribution is 9.10. The Morgan fingerprint density at radius 2 is 2.24 bits per heavy atom. The molecule has 1 N–H and O–H groups in total. The maximum atomic E-state index is 10.5. The summed E-state index contributed by atoms with van der Waals surface area (Å²) in [6.07, 6.45) is 2.14. The van der Waals surface area contributed by atoms with E-state index in [1.807, 2.05) is 6.92 Å². The van der Waals surface area contributed by atoms with Crippen molar-refractivity contribution in [1.82, 2.24) is 0 Å². The minimum Gasteiger partial charge on any atom is -0.465 e. The summed E-state index contributed by atoms with van der Waals surface area (Å²) in [7, 11) is 0. The van der Waals surface area contributed by atoms with Crippen LogP contribution in [0, 0.1) is 0 Å². The number of aliphatic hydroxyl groups excluding tert-OH is 1. The molecular formula is C12H17BrO4. The molecule has 5 heteroatoms. The van der Waals surface area contributed by atoms with Gasteiger partial charge in [0.05, 0.1) is 10.7 Å². The van der Waals surface area contributed by atoms with Gasteiger partial charge in [0, 0.05) is 32.7 Å². The standard InChI is InChI=1S/C12H17BrO4/c1-2-17-12(4-7-15-8-5-12)11(14)10-9(13)3-6-16-10/h3,6,11,14H,2,4-5,7-8H2,1H3. The predicted octanol–water partition coefficient (Wildman–Crippen LogP) is 2.66. The van der Waals surface area contributed by atoms with Gasteiger partial charge >= 0.3 is 0 Å². The molecule has 1 fully saturated rings. The van der Waals surface area contributed by atoms with Crippen molar-refractivity contribution in [3.05, 3.63) is 22.6 Å². The van der Waals surface area contributed by atoms with E-state index in [-0.39, 0.29) is 0 Å². The Bertz CT molecular complexity index is 352. The van der Waals surface area contributed by atoms with E-state index >= 15 is 0 Å². The van der Waals surface area contributed by atoms with Gasteiger partial charge in [0.25, 0.3) is 0 Å². The molecule has 0 aliphatic carbocycles. The fourth-order valence-corrected chi connectivity index (χ4v) is 2.66. The lowest BCUT2D eigenvalue weighted by atomic mass is 9.86. The first-order chi connectivity index (χ1) is 8.19. The molecule has 0 amide bonds. The topological polar surface area (TPSA) is 51.8 Å². The lowest BCUT2D eigenvalue weighted by Gasteiger charge is -2.39. The zero-order valence-corrected chi connectivity index (χ0v) is 11.4. The largest absolute Gasteiger partial charge is 0.465 e. The molecule has 1 aliphatic rings. The van der Waals surface area contributed by atoms with E-state index in [4.69, 9.17) is 13.9 Å². The van der Waals surface area contributed by atoms with E-state index in [2.05, 4.69) is 15.9 Å². The molecular weight excluding hydrogens is 288 g/mol. The van der Waals surface area contributed by atoms with Crippen molar-refractivity contribution in [2.45, 2.75) is 31.5 Å². The Kier molecular flexibility index (Phi) is 4.25. The van der Waals surface area contributed by atoms with Gasteiger partial charge in [-0.25, -0.2) is 0 Å². The lowest BCUT2D eigenvalue weighted by molar-refractivity contribution is -0.172. The molecule has 1 saturated heterocycles. The van der Waals surface area contributed by atoms with Gasteiger partial charge in [0.15, 0.2) is 0 Å².